The maximum absolute atomic E-state index is 14.3. The van der Waals surface area contributed by atoms with Gasteiger partial charge < -0.3 is 9.84 Å². The fourth-order valence-electron chi connectivity index (χ4n) is 2.58. The van der Waals surface area contributed by atoms with E-state index in [9.17, 15) is 9.50 Å². The summed E-state index contributed by atoms with van der Waals surface area (Å²) in [6.07, 6.45) is -0.860. The Morgan fingerprint density at radius 3 is 2.85 bits per heavy atom. The van der Waals surface area contributed by atoms with E-state index in [4.69, 9.17) is 4.74 Å². The summed E-state index contributed by atoms with van der Waals surface area (Å²) in [4.78, 5) is 1.17. The van der Waals surface area contributed by atoms with E-state index in [-0.39, 0.29) is 11.7 Å². The molecule has 0 aromatic heterocycles. The number of halogens is 1. The zero-order valence-electron chi connectivity index (χ0n) is 11.0. The van der Waals surface area contributed by atoms with Gasteiger partial charge in [0.1, 0.15) is 0 Å². The molecular weight excluding hydrogens is 275 g/mol. The van der Waals surface area contributed by atoms with Crippen LogP contribution in [0.1, 0.15) is 23.1 Å². The van der Waals surface area contributed by atoms with Crippen LogP contribution < -0.4 is 4.74 Å². The Morgan fingerprint density at radius 2 is 2.05 bits per heavy atom. The first-order valence-electron chi connectivity index (χ1n) is 6.44. The summed E-state index contributed by atoms with van der Waals surface area (Å²) in [6, 6.07) is 12.8. The number of benzene rings is 2. The van der Waals surface area contributed by atoms with Crippen LogP contribution in [0.4, 0.5) is 4.39 Å². The van der Waals surface area contributed by atoms with Crippen LogP contribution in [0.3, 0.4) is 0 Å². The van der Waals surface area contributed by atoms with Gasteiger partial charge in [-0.25, -0.2) is 4.39 Å². The van der Waals surface area contributed by atoms with Gasteiger partial charge in [-0.05, 0) is 17.7 Å². The molecule has 1 heterocycles. The first kappa shape index (κ1) is 13.5. The molecule has 2 nitrogen and oxygen atoms in total. The molecule has 0 amide bonds. The number of hydrogen-bond acceptors (Lipinski definition) is 3. The predicted octanol–water partition coefficient (Wildman–Crippen LogP) is 3.76. The fraction of sp³-hybridized carbons (Fsp3) is 0.250. The smallest absolute Gasteiger partial charge is 0.170 e. The van der Waals surface area contributed by atoms with Crippen LogP contribution in [0, 0.1) is 5.82 Å². The third-order valence-corrected chi connectivity index (χ3v) is 4.86. The van der Waals surface area contributed by atoms with Crippen LogP contribution in [-0.4, -0.2) is 18.0 Å². The average Bonchev–Trinajstić information content (AvgIpc) is 2.91. The van der Waals surface area contributed by atoms with Crippen molar-refractivity contribution in [1.82, 2.24) is 0 Å². The Labute approximate surface area is 121 Å². The molecule has 0 spiro atoms. The number of thioether (sulfide) groups is 1. The molecule has 2 aromatic rings. The highest BCUT2D eigenvalue weighted by Crippen LogP contribution is 2.46. The summed E-state index contributed by atoms with van der Waals surface area (Å²) < 4.78 is 19.2. The Bertz CT molecular complexity index is 630. The molecule has 2 atom stereocenters. The van der Waals surface area contributed by atoms with E-state index >= 15 is 0 Å². The third-order valence-electron chi connectivity index (χ3n) is 3.65. The lowest BCUT2D eigenvalue weighted by molar-refractivity contribution is 0.148. The summed E-state index contributed by atoms with van der Waals surface area (Å²) in [5.74, 6) is 0.368. The number of hydrogen-bond donors (Lipinski definition) is 1. The maximum Gasteiger partial charge on any atom is 0.170 e. The van der Waals surface area contributed by atoms with Crippen molar-refractivity contribution >= 4 is 11.8 Å². The van der Waals surface area contributed by atoms with Gasteiger partial charge in [-0.1, -0.05) is 30.3 Å². The van der Waals surface area contributed by atoms with Crippen LogP contribution >= 0.6 is 11.8 Å². The van der Waals surface area contributed by atoms with Crippen molar-refractivity contribution in [3.63, 3.8) is 0 Å². The van der Waals surface area contributed by atoms with Crippen molar-refractivity contribution in [2.75, 3.05) is 12.9 Å². The van der Waals surface area contributed by atoms with Crippen LogP contribution in [0.15, 0.2) is 47.4 Å². The molecule has 1 aliphatic rings. The normalized spacial score (nSPS) is 18.6. The SMILES string of the molecule is COc1cccc(C(O)C2CSc3ccccc32)c1F. The number of fused-ring (bicyclic) bond motifs is 1. The average molecular weight is 290 g/mol. The largest absolute Gasteiger partial charge is 0.494 e. The molecule has 2 unspecified atom stereocenters. The topological polar surface area (TPSA) is 29.5 Å². The number of ether oxygens (including phenoxy) is 1. The van der Waals surface area contributed by atoms with E-state index in [0.29, 0.717) is 5.56 Å². The molecule has 0 bridgehead atoms. The van der Waals surface area contributed by atoms with E-state index < -0.39 is 11.9 Å². The van der Waals surface area contributed by atoms with Gasteiger partial charge in [-0.15, -0.1) is 11.8 Å². The minimum absolute atomic E-state index is 0.0854. The second kappa shape index (κ2) is 5.46. The zero-order valence-corrected chi connectivity index (χ0v) is 11.9. The Balaban J connectivity index is 1.97. The van der Waals surface area contributed by atoms with E-state index in [2.05, 4.69) is 0 Å². The molecule has 0 saturated heterocycles. The maximum atomic E-state index is 14.3. The molecule has 0 radical (unpaired) electrons. The van der Waals surface area contributed by atoms with Crippen LogP contribution in [0.25, 0.3) is 0 Å². The van der Waals surface area contributed by atoms with Gasteiger partial charge in [0.15, 0.2) is 11.6 Å². The van der Waals surface area contributed by atoms with Gasteiger partial charge in [0, 0.05) is 22.1 Å². The lowest BCUT2D eigenvalue weighted by atomic mass is 9.90. The quantitative estimate of drug-likeness (QED) is 0.933. The summed E-state index contributed by atoms with van der Waals surface area (Å²) >= 11 is 1.70. The lowest BCUT2D eigenvalue weighted by Crippen LogP contribution is -2.12. The molecule has 2 aromatic carbocycles. The number of methoxy groups -OCH3 is 1. The van der Waals surface area contributed by atoms with Crippen LogP contribution in [0.5, 0.6) is 5.75 Å². The summed E-state index contributed by atoms with van der Waals surface area (Å²) in [6.45, 7) is 0. The number of rotatable bonds is 3. The van der Waals surface area contributed by atoms with Crippen molar-refractivity contribution in [2.24, 2.45) is 0 Å². The number of aliphatic hydroxyl groups excluding tert-OH is 1. The van der Waals surface area contributed by atoms with Crippen molar-refractivity contribution in [3.05, 3.63) is 59.4 Å². The predicted molar refractivity (Wildman–Crippen MR) is 77.8 cm³/mol. The second-order valence-electron chi connectivity index (χ2n) is 4.76. The lowest BCUT2D eigenvalue weighted by Gasteiger charge is -2.20. The molecule has 20 heavy (non-hydrogen) atoms. The molecule has 0 saturated carbocycles. The first-order chi connectivity index (χ1) is 9.72. The molecule has 4 heteroatoms. The van der Waals surface area contributed by atoms with Crippen LogP contribution in [-0.2, 0) is 0 Å². The minimum atomic E-state index is -0.860. The summed E-state index contributed by atoms with van der Waals surface area (Å²) in [7, 11) is 1.43. The zero-order chi connectivity index (χ0) is 14.1. The van der Waals surface area contributed by atoms with E-state index in [1.807, 2.05) is 24.3 Å². The second-order valence-corrected chi connectivity index (χ2v) is 5.83. The summed E-state index contributed by atoms with van der Waals surface area (Å²) in [5.41, 5.74) is 1.39. The van der Waals surface area contributed by atoms with Crippen molar-refractivity contribution < 1.29 is 14.2 Å². The molecule has 0 aliphatic carbocycles. The van der Waals surface area contributed by atoms with E-state index in [0.717, 1.165) is 11.3 Å². The fourth-order valence-corrected chi connectivity index (χ4v) is 3.86. The highest BCUT2D eigenvalue weighted by Gasteiger charge is 2.31. The van der Waals surface area contributed by atoms with Gasteiger partial charge in [-0.3, -0.25) is 0 Å². The molecular formula is C16H15FO2S. The molecule has 3 rings (SSSR count). The first-order valence-corrected chi connectivity index (χ1v) is 7.43. The van der Waals surface area contributed by atoms with Crippen molar-refractivity contribution in [2.45, 2.75) is 16.9 Å². The van der Waals surface area contributed by atoms with Gasteiger partial charge in [0.05, 0.1) is 13.2 Å². The summed E-state index contributed by atoms with van der Waals surface area (Å²) in [5, 5.41) is 10.6. The van der Waals surface area contributed by atoms with Crippen LogP contribution in [0.2, 0.25) is 0 Å². The van der Waals surface area contributed by atoms with Gasteiger partial charge >= 0.3 is 0 Å². The van der Waals surface area contributed by atoms with Gasteiger partial charge in [0.25, 0.3) is 0 Å². The Morgan fingerprint density at radius 1 is 1.25 bits per heavy atom. The van der Waals surface area contributed by atoms with Crippen molar-refractivity contribution in [3.8, 4) is 5.75 Å². The van der Waals surface area contributed by atoms with E-state index in [1.165, 1.54) is 12.0 Å². The van der Waals surface area contributed by atoms with Gasteiger partial charge in [0.2, 0.25) is 0 Å². The molecule has 0 fully saturated rings. The standard InChI is InChI=1S/C16H15FO2S/c1-19-13-7-4-6-11(15(13)17)16(18)12-9-20-14-8-3-2-5-10(12)14/h2-8,12,16,18H,9H2,1H3. The third kappa shape index (κ3) is 2.19. The minimum Gasteiger partial charge on any atom is -0.494 e. The highest BCUT2D eigenvalue weighted by atomic mass is 32.2. The number of aliphatic hydroxyl groups is 1. The Hall–Kier alpha value is -1.52. The molecule has 104 valence electrons. The monoisotopic (exact) mass is 290 g/mol. The van der Waals surface area contributed by atoms with Crippen molar-refractivity contribution in [1.29, 1.82) is 0 Å². The molecule has 1 N–H and O–H groups in total. The molecule has 1 aliphatic heterocycles. The Kier molecular flexibility index (Phi) is 3.68. The highest BCUT2D eigenvalue weighted by molar-refractivity contribution is 7.99. The van der Waals surface area contributed by atoms with Gasteiger partial charge in [-0.2, -0.15) is 0 Å². The van der Waals surface area contributed by atoms with E-state index in [1.54, 1.807) is 30.0 Å².